The Labute approximate surface area is 288 Å². The van der Waals surface area contributed by atoms with Crippen LogP contribution >= 0.6 is 0 Å². The predicted octanol–water partition coefficient (Wildman–Crippen LogP) is 1.99. The van der Waals surface area contributed by atoms with E-state index in [2.05, 4.69) is 26.3 Å². The molecule has 49 heavy (non-hydrogen) atoms. The Balaban J connectivity index is 1.76. The number of alkyl halides is 2. The molecule has 0 radical (unpaired) electrons. The molecule has 2 fully saturated rings. The molecule has 1 saturated heterocycles. The van der Waals surface area contributed by atoms with Crippen molar-refractivity contribution < 1.29 is 36.4 Å². The van der Waals surface area contributed by atoms with Crippen LogP contribution in [0.2, 0.25) is 0 Å². The summed E-state index contributed by atoms with van der Waals surface area (Å²) in [7, 11) is -2.11. The first-order chi connectivity index (χ1) is 22.5. The second-order valence-corrected chi connectivity index (χ2v) is 17.6. The average Bonchev–Trinajstić information content (AvgIpc) is 3.39. The number of fused-ring (bicyclic) bond motifs is 1. The Hall–Kier alpha value is -3.40. The molecule has 276 valence electrons. The zero-order valence-electron chi connectivity index (χ0n) is 29.9. The summed E-state index contributed by atoms with van der Waals surface area (Å²) < 4.78 is 52.4. The van der Waals surface area contributed by atoms with E-state index in [4.69, 9.17) is 0 Å². The van der Waals surface area contributed by atoms with Gasteiger partial charge in [0, 0.05) is 57.5 Å². The van der Waals surface area contributed by atoms with Gasteiger partial charge in [-0.05, 0) is 40.7 Å². The first kappa shape index (κ1) is 40.0. The van der Waals surface area contributed by atoms with E-state index in [1.807, 2.05) is 27.7 Å². The molecule has 1 aliphatic carbocycles. The van der Waals surface area contributed by atoms with Crippen LogP contribution < -0.4 is 21.3 Å². The standard InChI is InChI=1S/C33H53F2N7O6S/c1-19-21-17-42(30(45)27(33(5,6)7)40-31(46)39-23(32(2,3)4)18-41(8)49(9,47)48)26(25(19)21)29(44)38-22(16-24(34)35)28(43)37-15-13-20-12-10-11-14-36-20/h10-12,14,19,21-27H,13,15-18H2,1-9H3,(H,37,43)(H,38,44)(H2,39,40,46)/t19?,21?,22-,23+,25?,26-,27+/m0/s1. The smallest absolute Gasteiger partial charge is 0.315 e. The molecular formula is C33H53F2N7O6S. The first-order valence-electron chi connectivity index (χ1n) is 16.6. The van der Waals surface area contributed by atoms with Crippen molar-refractivity contribution in [3.05, 3.63) is 30.1 Å². The predicted molar refractivity (Wildman–Crippen MR) is 181 cm³/mol. The Bertz CT molecular complexity index is 1450. The lowest BCUT2D eigenvalue weighted by atomic mass is 9.85. The van der Waals surface area contributed by atoms with Crippen LogP contribution in [-0.4, -0.2) is 110 Å². The maximum absolute atomic E-state index is 14.2. The lowest BCUT2D eigenvalue weighted by molar-refractivity contribution is -0.144. The fourth-order valence-electron chi connectivity index (χ4n) is 6.20. The largest absolute Gasteiger partial charge is 0.354 e. The van der Waals surface area contributed by atoms with Crippen molar-refractivity contribution in [2.75, 3.05) is 32.9 Å². The number of aromatic nitrogens is 1. The minimum Gasteiger partial charge on any atom is -0.354 e. The number of piperidine rings is 1. The van der Waals surface area contributed by atoms with Gasteiger partial charge >= 0.3 is 6.03 Å². The number of urea groups is 1. The van der Waals surface area contributed by atoms with E-state index < -0.39 is 81.6 Å². The number of pyridine rings is 1. The molecule has 7 atom stereocenters. The fraction of sp³-hybridized carbons (Fsp3) is 0.727. The number of likely N-dealkylation sites (N-methyl/N-ethyl adjacent to an activating group) is 1. The number of carbonyl (C=O) groups excluding carboxylic acids is 4. The molecule has 3 unspecified atom stereocenters. The highest BCUT2D eigenvalue weighted by atomic mass is 32.2. The van der Waals surface area contributed by atoms with Gasteiger partial charge in [-0.1, -0.05) is 54.5 Å². The number of rotatable bonds is 14. The normalized spacial score (nSPS) is 22.6. The minimum atomic E-state index is -3.53. The Morgan fingerprint density at radius 1 is 1.04 bits per heavy atom. The van der Waals surface area contributed by atoms with Gasteiger partial charge in [0.25, 0.3) is 0 Å². The first-order valence-corrected chi connectivity index (χ1v) is 18.4. The molecular weight excluding hydrogens is 660 g/mol. The summed E-state index contributed by atoms with van der Waals surface area (Å²) in [5.74, 6) is -2.11. The molecule has 1 aromatic rings. The van der Waals surface area contributed by atoms with Crippen molar-refractivity contribution in [1.82, 2.24) is 35.5 Å². The molecule has 0 aromatic carbocycles. The number of nitrogens with zero attached hydrogens (tertiary/aromatic N) is 3. The molecule has 0 spiro atoms. The van der Waals surface area contributed by atoms with Gasteiger partial charge in [-0.25, -0.2) is 26.3 Å². The number of hydrogen-bond acceptors (Lipinski definition) is 7. The van der Waals surface area contributed by atoms with Gasteiger partial charge in [-0.15, -0.1) is 0 Å². The highest BCUT2D eigenvalue weighted by molar-refractivity contribution is 7.88. The van der Waals surface area contributed by atoms with Gasteiger partial charge in [0.1, 0.15) is 18.1 Å². The maximum atomic E-state index is 14.2. The molecule has 4 N–H and O–H groups in total. The molecule has 2 aliphatic rings. The molecule has 1 aromatic heterocycles. The SMILES string of the molecule is CC1C2CN(C(=O)[C@@H](NC(=O)N[C@H](CN(C)S(C)(=O)=O)C(C)(C)C)C(C)(C)C)[C@H](C(=O)N[C@@H](CC(F)F)C(=O)NCCc3ccccn3)C12. The van der Waals surface area contributed by atoms with Crippen LogP contribution in [0, 0.1) is 28.6 Å². The molecule has 1 aliphatic heterocycles. The van der Waals surface area contributed by atoms with Gasteiger partial charge in [-0.3, -0.25) is 19.4 Å². The van der Waals surface area contributed by atoms with Crippen molar-refractivity contribution in [2.45, 2.75) is 91.9 Å². The zero-order chi connectivity index (χ0) is 37.1. The van der Waals surface area contributed by atoms with Crippen LogP contribution in [-0.2, 0) is 30.8 Å². The number of hydrogen-bond donors (Lipinski definition) is 4. The molecule has 16 heteroatoms. The van der Waals surface area contributed by atoms with E-state index in [9.17, 15) is 36.4 Å². The number of nitrogens with one attached hydrogen (secondary N) is 4. The lowest BCUT2D eigenvalue weighted by Crippen LogP contribution is -2.62. The van der Waals surface area contributed by atoms with Crippen molar-refractivity contribution in [3.8, 4) is 0 Å². The summed E-state index contributed by atoms with van der Waals surface area (Å²) in [6.45, 7) is 13.1. The van der Waals surface area contributed by atoms with Crippen molar-refractivity contribution >= 4 is 33.8 Å². The summed E-state index contributed by atoms with van der Waals surface area (Å²) in [4.78, 5) is 59.9. The topological polar surface area (TPSA) is 170 Å². The van der Waals surface area contributed by atoms with E-state index in [1.54, 1.807) is 45.2 Å². The maximum Gasteiger partial charge on any atom is 0.315 e. The summed E-state index contributed by atoms with van der Waals surface area (Å²) in [6.07, 6.45) is -0.730. The third-order valence-electron chi connectivity index (χ3n) is 9.49. The molecule has 3 rings (SSSR count). The van der Waals surface area contributed by atoms with Gasteiger partial charge in [0.05, 0.1) is 6.26 Å². The van der Waals surface area contributed by atoms with Crippen molar-refractivity contribution in [3.63, 3.8) is 0 Å². The molecule has 5 amide bonds. The van der Waals surface area contributed by atoms with Gasteiger partial charge in [0.2, 0.25) is 34.2 Å². The average molecular weight is 714 g/mol. The van der Waals surface area contributed by atoms with Gasteiger partial charge in [-0.2, -0.15) is 0 Å². The third kappa shape index (κ3) is 10.8. The quantitative estimate of drug-likeness (QED) is 0.229. The molecule has 2 heterocycles. The lowest BCUT2D eigenvalue weighted by Gasteiger charge is -2.38. The fourth-order valence-corrected chi connectivity index (χ4v) is 6.62. The van der Waals surface area contributed by atoms with Crippen LogP contribution in [0.25, 0.3) is 0 Å². The van der Waals surface area contributed by atoms with Gasteiger partial charge < -0.3 is 26.2 Å². The van der Waals surface area contributed by atoms with Crippen LogP contribution in [0.15, 0.2) is 24.4 Å². The third-order valence-corrected chi connectivity index (χ3v) is 10.8. The van der Waals surface area contributed by atoms with Crippen LogP contribution in [0.5, 0.6) is 0 Å². The molecule has 1 saturated carbocycles. The molecule has 13 nitrogen and oxygen atoms in total. The minimum absolute atomic E-state index is 0.00396. The number of likely N-dealkylation sites (tertiary alicyclic amines) is 1. The van der Waals surface area contributed by atoms with Crippen LogP contribution in [0.4, 0.5) is 13.6 Å². The second kappa shape index (κ2) is 15.7. The number of halogens is 2. The van der Waals surface area contributed by atoms with Crippen molar-refractivity contribution in [2.24, 2.45) is 28.6 Å². The summed E-state index contributed by atoms with van der Waals surface area (Å²) in [5, 5.41) is 10.7. The monoisotopic (exact) mass is 713 g/mol. The highest BCUT2D eigenvalue weighted by Gasteiger charge is 2.63. The van der Waals surface area contributed by atoms with Crippen molar-refractivity contribution in [1.29, 1.82) is 0 Å². The number of amides is 5. The number of sulfonamides is 1. The van der Waals surface area contributed by atoms with E-state index in [0.717, 1.165) is 10.6 Å². The summed E-state index contributed by atoms with van der Waals surface area (Å²) >= 11 is 0. The summed E-state index contributed by atoms with van der Waals surface area (Å²) in [6, 6.07) is 0.359. The zero-order valence-corrected chi connectivity index (χ0v) is 30.7. The molecule has 0 bridgehead atoms. The Morgan fingerprint density at radius 2 is 1.69 bits per heavy atom. The van der Waals surface area contributed by atoms with Crippen LogP contribution in [0.3, 0.4) is 0 Å². The van der Waals surface area contributed by atoms with E-state index in [1.165, 1.54) is 11.9 Å². The van der Waals surface area contributed by atoms with Gasteiger partial charge in [0.15, 0.2) is 0 Å². The Kier molecular flexibility index (Phi) is 12.8. The van der Waals surface area contributed by atoms with Crippen LogP contribution in [0.1, 0.15) is 60.6 Å². The van der Waals surface area contributed by atoms with E-state index in [-0.39, 0.29) is 37.4 Å². The number of carbonyl (C=O) groups is 4. The van der Waals surface area contributed by atoms with E-state index >= 15 is 0 Å². The Morgan fingerprint density at radius 3 is 2.22 bits per heavy atom. The highest BCUT2D eigenvalue weighted by Crippen LogP contribution is 2.55. The van der Waals surface area contributed by atoms with E-state index in [0.29, 0.717) is 12.1 Å². The second-order valence-electron chi connectivity index (χ2n) is 15.5. The summed E-state index contributed by atoms with van der Waals surface area (Å²) in [5.41, 5.74) is -0.663.